The topological polar surface area (TPSA) is 113 Å². The van der Waals surface area contributed by atoms with Crippen molar-refractivity contribution in [1.29, 1.82) is 0 Å². The predicted octanol–water partition coefficient (Wildman–Crippen LogP) is -0.696. The fourth-order valence-electron chi connectivity index (χ4n) is 2.17. The van der Waals surface area contributed by atoms with Gasteiger partial charge in [-0.2, -0.15) is 0 Å². The van der Waals surface area contributed by atoms with Gasteiger partial charge in [0.2, 0.25) is 11.8 Å². The first kappa shape index (κ1) is 15.4. The molecule has 0 spiro atoms. The Morgan fingerprint density at radius 3 is 2.58 bits per heavy atom. The summed E-state index contributed by atoms with van der Waals surface area (Å²) in [6.45, 7) is 3.74. The van der Waals surface area contributed by atoms with Crippen LogP contribution in [0.2, 0.25) is 0 Å². The van der Waals surface area contributed by atoms with Crippen molar-refractivity contribution in [3.05, 3.63) is 0 Å². The van der Waals surface area contributed by atoms with Crippen molar-refractivity contribution in [1.82, 2.24) is 10.2 Å². The zero-order chi connectivity index (χ0) is 14.6. The van der Waals surface area contributed by atoms with Crippen molar-refractivity contribution in [3.8, 4) is 0 Å². The molecule has 4 N–H and O–H groups in total. The average molecular weight is 271 g/mol. The first-order chi connectivity index (χ1) is 8.88. The van der Waals surface area contributed by atoms with Gasteiger partial charge in [-0.15, -0.1) is 0 Å². The fourth-order valence-corrected chi connectivity index (χ4v) is 2.17. The summed E-state index contributed by atoms with van der Waals surface area (Å²) in [7, 11) is 0. The van der Waals surface area contributed by atoms with Crippen LogP contribution in [0, 0.1) is 0 Å². The molecule has 0 saturated carbocycles. The highest BCUT2D eigenvalue weighted by Gasteiger charge is 2.36. The van der Waals surface area contributed by atoms with Gasteiger partial charge in [-0.3, -0.25) is 9.59 Å². The third-order valence-electron chi connectivity index (χ3n) is 3.25. The number of likely N-dealkylation sites (tertiary alicyclic amines) is 1. The van der Waals surface area contributed by atoms with Crippen molar-refractivity contribution in [2.24, 2.45) is 5.73 Å². The van der Waals surface area contributed by atoms with Gasteiger partial charge in [-0.1, -0.05) is 6.92 Å². The van der Waals surface area contributed by atoms with E-state index < -0.39 is 30.0 Å². The number of nitrogens with one attached hydrogen (secondary N) is 1. The Balaban J connectivity index is 2.70. The number of amides is 2. The average Bonchev–Trinajstić information content (AvgIpc) is 2.83. The monoisotopic (exact) mass is 271 g/mol. The van der Waals surface area contributed by atoms with E-state index in [0.29, 0.717) is 19.4 Å². The number of nitrogens with zero attached hydrogens (tertiary/aromatic N) is 1. The number of carboxylic acid groups (broad SMARTS) is 1. The maximum Gasteiger partial charge on any atom is 0.326 e. The van der Waals surface area contributed by atoms with Gasteiger partial charge >= 0.3 is 5.97 Å². The summed E-state index contributed by atoms with van der Waals surface area (Å²) in [6, 6.07) is -2.18. The number of aliphatic carboxylic acids is 1. The largest absolute Gasteiger partial charge is 0.480 e. The second kappa shape index (κ2) is 6.51. The molecule has 1 heterocycles. The van der Waals surface area contributed by atoms with E-state index >= 15 is 0 Å². The van der Waals surface area contributed by atoms with Crippen molar-refractivity contribution in [2.75, 3.05) is 6.54 Å². The summed E-state index contributed by atoms with van der Waals surface area (Å²) in [6.07, 6.45) is 1.57. The van der Waals surface area contributed by atoms with Crippen LogP contribution >= 0.6 is 0 Å². The Morgan fingerprint density at radius 2 is 2.11 bits per heavy atom. The molecule has 0 aromatic carbocycles. The molecule has 1 aliphatic rings. The summed E-state index contributed by atoms with van der Waals surface area (Å²) in [5.41, 5.74) is 5.54. The molecule has 0 radical (unpaired) electrons. The smallest absolute Gasteiger partial charge is 0.326 e. The number of rotatable bonds is 5. The van der Waals surface area contributed by atoms with E-state index in [1.807, 2.05) is 0 Å². The van der Waals surface area contributed by atoms with Gasteiger partial charge in [0.25, 0.3) is 0 Å². The van der Waals surface area contributed by atoms with E-state index in [-0.39, 0.29) is 5.91 Å². The van der Waals surface area contributed by atoms with Gasteiger partial charge in [0.15, 0.2) is 0 Å². The number of carbonyl (C=O) groups is 3. The third kappa shape index (κ3) is 3.66. The van der Waals surface area contributed by atoms with Gasteiger partial charge in [-0.05, 0) is 26.2 Å². The maximum atomic E-state index is 12.0. The minimum absolute atomic E-state index is 0.277. The van der Waals surface area contributed by atoms with Crippen LogP contribution in [0.3, 0.4) is 0 Å². The number of carbonyl (C=O) groups excluding carboxylic acids is 2. The lowest BCUT2D eigenvalue weighted by molar-refractivity contribution is -0.144. The van der Waals surface area contributed by atoms with Crippen LogP contribution in [-0.2, 0) is 14.4 Å². The number of carboxylic acids is 1. The molecule has 3 atom stereocenters. The lowest BCUT2D eigenvalue weighted by Gasteiger charge is -2.26. The quantitative estimate of drug-likeness (QED) is 0.612. The molecule has 1 aliphatic heterocycles. The molecule has 1 saturated heterocycles. The molecule has 2 amide bonds. The Bertz CT molecular complexity index is 370. The fraction of sp³-hybridized carbons (Fsp3) is 0.750. The van der Waals surface area contributed by atoms with E-state index in [9.17, 15) is 14.4 Å². The SMILES string of the molecule is CC[C@H](NC(=O)[C@@H]1CCCN1C(=O)[C@H](C)N)C(=O)O. The Hall–Kier alpha value is -1.63. The molecule has 7 heteroatoms. The Labute approximate surface area is 112 Å². The Kier molecular flexibility index (Phi) is 5.29. The van der Waals surface area contributed by atoms with Crippen LogP contribution in [0.25, 0.3) is 0 Å². The van der Waals surface area contributed by atoms with Crippen LogP contribution in [0.4, 0.5) is 0 Å². The zero-order valence-electron chi connectivity index (χ0n) is 11.3. The molecule has 0 aliphatic carbocycles. The number of hydrogen-bond acceptors (Lipinski definition) is 4. The van der Waals surface area contributed by atoms with Crippen LogP contribution in [0.5, 0.6) is 0 Å². The molecule has 0 aromatic heterocycles. The first-order valence-corrected chi connectivity index (χ1v) is 6.47. The zero-order valence-corrected chi connectivity index (χ0v) is 11.3. The summed E-state index contributed by atoms with van der Waals surface area (Å²) in [5.74, 6) is -1.76. The van der Waals surface area contributed by atoms with Crippen molar-refractivity contribution in [3.63, 3.8) is 0 Å². The van der Waals surface area contributed by atoms with E-state index in [0.717, 1.165) is 6.42 Å². The van der Waals surface area contributed by atoms with E-state index in [4.69, 9.17) is 10.8 Å². The molecule has 1 rings (SSSR count). The van der Waals surface area contributed by atoms with Gasteiger partial charge in [0.1, 0.15) is 12.1 Å². The molecule has 0 unspecified atom stereocenters. The minimum Gasteiger partial charge on any atom is -0.480 e. The second-order valence-electron chi connectivity index (χ2n) is 4.79. The third-order valence-corrected chi connectivity index (χ3v) is 3.25. The molecule has 19 heavy (non-hydrogen) atoms. The lowest BCUT2D eigenvalue weighted by atomic mass is 10.1. The molecule has 7 nitrogen and oxygen atoms in total. The summed E-state index contributed by atoms with van der Waals surface area (Å²) < 4.78 is 0. The molecular formula is C12H21N3O4. The van der Waals surface area contributed by atoms with Crippen LogP contribution in [0.1, 0.15) is 33.1 Å². The highest BCUT2D eigenvalue weighted by molar-refractivity contribution is 5.92. The van der Waals surface area contributed by atoms with Crippen molar-refractivity contribution >= 4 is 17.8 Å². The van der Waals surface area contributed by atoms with Gasteiger partial charge < -0.3 is 21.1 Å². The minimum atomic E-state index is -1.07. The molecule has 108 valence electrons. The predicted molar refractivity (Wildman–Crippen MR) is 68.2 cm³/mol. The maximum absolute atomic E-state index is 12.0. The number of nitrogens with two attached hydrogens (primary N) is 1. The highest BCUT2D eigenvalue weighted by Crippen LogP contribution is 2.18. The molecule has 0 bridgehead atoms. The van der Waals surface area contributed by atoms with E-state index in [1.54, 1.807) is 13.8 Å². The van der Waals surface area contributed by atoms with Crippen molar-refractivity contribution < 1.29 is 19.5 Å². The molecule has 0 aromatic rings. The summed E-state index contributed by atoms with van der Waals surface area (Å²) in [4.78, 5) is 36.2. The Morgan fingerprint density at radius 1 is 1.47 bits per heavy atom. The van der Waals surface area contributed by atoms with Gasteiger partial charge in [0.05, 0.1) is 6.04 Å². The standard InChI is InChI=1S/C12H21N3O4/c1-3-8(12(18)19)14-10(16)9-5-4-6-15(9)11(17)7(2)13/h7-9H,3-6,13H2,1-2H3,(H,14,16)(H,18,19)/t7-,8-,9-/m0/s1. The lowest BCUT2D eigenvalue weighted by Crippen LogP contribution is -2.53. The first-order valence-electron chi connectivity index (χ1n) is 6.47. The van der Waals surface area contributed by atoms with Crippen LogP contribution in [0.15, 0.2) is 0 Å². The summed E-state index contributed by atoms with van der Waals surface area (Å²) in [5, 5.41) is 11.4. The van der Waals surface area contributed by atoms with Gasteiger partial charge in [0, 0.05) is 6.54 Å². The summed E-state index contributed by atoms with van der Waals surface area (Å²) >= 11 is 0. The highest BCUT2D eigenvalue weighted by atomic mass is 16.4. The molecule has 1 fully saturated rings. The normalized spacial score (nSPS) is 21.8. The van der Waals surface area contributed by atoms with Crippen LogP contribution < -0.4 is 11.1 Å². The second-order valence-corrected chi connectivity index (χ2v) is 4.79. The van der Waals surface area contributed by atoms with E-state index in [1.165, 1.54) is 4.90 Å². The molecular weight excluding hydrogens is 250 g/mol. The number of hydrogen-bond donors (Lipinski definition) is 3. The van der Waals surface area contributed by atoms with E-state index in [2.05, 4.69) is 5.32 Å². The van der Waals surface area contributed by atoms with Crippen LogP contribution in [-0.4, -0.2) is 52.5 Å². The van der Waals surface area contributed by atoms with Crippen molar-refractivity contribution in [2.45, 2.75) is 51.2 Å². The van der Waals surface area contributed by atoms with Gasteiger partial charge in [-0.25, -0.2) is 4.79 Å².